The summed E-state index contributed by atoms with van der Waals surface area (Å²) in [5.74, 6) is 1.21. The second-order valence-corrected chi connectivity index (χ2v) is 11.1. The molecule has 1 aromatic carbocycles. The van der Waals surface area contributed by atoms with Crippen molar-refractivity contribution in [2.45, 2.75) is 25.3 Å². The minimum absolute atomic E-state index is 0.118. The first-order chi connectivity index (χ1) is 15.8. The molecule has 4 rings (SSSR count). The van der Waals surface area contributed by atoms with E-state index in [2.05, 4.69) is 14.9 Å². The molecule has 33 heavy (non-hydrogen) atoms. The van der Waals surface area contributed by atoms with Gasteiger partial charge in [0.2, 0.25) is 10.0 Å². The van der Waals surface area contributed by atoms with Gasteiger partial charge in [-0.2, -0.15) is 4.31 Å². The van der Waals surface area contributed by atoms with Crippen molar-refractivity contribution in [3.8, 4) is 5.75 Å². The molecule has 0 saturated carbocycles. The number of aromatic nitrogens is 2. The van der Waals surface area contributed by atoms with Crippen LogP contribution < -0.4 is 10.3 Å². The number of hydrogen-bond donors (Lipinski definition) is 1. The van der Waals surface area contributed by atoms with Crippen molar-refractivity contribution in [2.75, 3.05) is 46.5 Å². The average molecular weight is 493 g/mol. The molecule has 0 radical (unpaired) electrons. The lowest BCUT2D eigenvalue weighted by molar-refractivity contribution is 0.146. The van der Waals surface area contributed by atoms with Gasteiger partial charge in [-0.15, -0.1) is 11.3 Å². The van der Waals surface area contributed by atoms with Gasteiger partial charge in [-0.3, -0.25) is 9.69 Å². The molecular formula is C22H28N4O5S2. The number of thiophene rings is 1. The molecule has 0 spiro atoms. The number of nitrogens with one attached hydrogen (secondary N) is 1. The second-order valence-electron chi connectivity index (χ2n) is 7.97. The van der Waals surface area contributed by atoms with Crippen molar-refractivity contribution in [1.82, 2.24) is 19.2 Å². The van der Waals surface area contributed by atoms with Gasteiger partial charge in [0.05, 0.1) is 23.4 Å². The van der Waals surface area contributed by atoms with Crippen LogP contribution >= 0.6 is 11.3 Å². The smallest absolute Gasteiger partial charge is 0.259 e. The Balaban J connectivity index is 1.38. The lowest BCUT2D eigenvalue weighted by atomic mass is 10.2. The van der Waals surface area contributed by atoms with Crippen molar-refractivity contribution in [3.63, 3.8) is 0 Å². The molecule has 0 aliphatic carbocycles. The number of methoxy groups -OCH3 is 1. The first-order valence-corrected chi connectivity index (χ1v) is 13.0. The molecule has 1 saturated heterocycles. The molecule has 0 atom stereocenters. The van der Waals surface area contributed by atoms with E-state index in [1.54, 1.807) is 31.4 Å². The van der Waals surface area contributed by atoms with Crippen LogP contribution in [0.1, 0.15) is 16.3 Å². The Kier molecular flexibility index (Phi) is 7.15. The molecule has 1 N–H and O–H groups in total. The number of nitrogens with zero attached hydrogens (tertiary/aromatic N) is 3. The molecule has 0 bridgehead atoms. The molecule has 9 nitrogen and oxygen atoms in total. The van der Waals surface area contributed by atoms with Crippen molar-refractivity contribution in [2.24, 2.45) is 0 Å². The van der Waals surface area contributed by atoms with Gasteiger partial charge in [0.15, 0.2) is 0 Å². The number of ether oxygens (including phenoxy) is 2. The lowest BCUT2D eigenvalue weighted by Gasteiger charge is -2.33. The molecule has 11 heteroatoms. The third-order valence-electron chi connectivity index (χ3n) is 5.81. The van der Waals surface area contributed by atoms with E-state index >= 15 is 0 Å². The number of piperazine rings is 1. The average Bonchev–Trinajstić information content (AvgIpc) is 3.08. The Bertz CT molecular complexity index is 1280. The van der Waals surface area contributed by atoms with Crippen molar-refractivity contribution in [1.29, 1.82) is 0 Å². The van der Waals surface area contributed by atoms with E-state index < -0.39 is 10.0 Å². The summed E-state index contributed by atoms with van der Waals surface area (Å²) >= 11 is 1.52. The number of H-pyrrole nitrogens is 1. The number of aryl methyl sites for hydroxylation is 2. The molecule has 0 amide bonds. The summed E-state index contributed by atoms with van der Waals surface area (Å²) in [5, 5.41) is 0.660. The number of rotatable bonds is 8. The summed E-state index contributed by atoms with van der Waals surface area (Å²) in [5.41, 5.74) is 0.858. The minimum Gasteiger partial charge on any atom is -0.491 e. The molecule has 0 unspecified atom stereocenters. The zero-order valence-electron chi connectivity index (χ0n) is 19.0. The number of fused-ring (bicyclic) bond motifs is 1. The van der Waals surface area contributed by atoms with Crippen LogP contribution in [0, 0.1) is 13.8 Å². The Hall–Kier alpha value is -2.31. The Morgan fingerprint density at radius 2 is 1.79 bits per heavy atom. The molecule has 3 aromatic rings. The monoisotopic (exact) mass is 492 g/mol. The zero-order valence-corrected chi connectivity index (χ0v) is 20.6. The van der Waals surface area contributed by atoms with Gasteiger partial charge in [0.1, 0.15) is 23.0 Å². The van der Waals surface area contributed by atoms with Gasteiger partial charge in [-0.05, 0) is 43.7 Å². The summed E-state index contributed by atoms with van der Waals surface area (Å²) in [6, 6.07) is 6.45. The normalized spacial score (nSPS) is 15.8. The van der Waals surface area contributed by atoms with Gasteiger partial charge in [-0.1, -0.05) is 0 Å². The second kappa shape index (κ2) is 9.90. The third kappa shape index (κ3) is 5.12. The highest BCUT2D eigenvalue weighted by atomic mass is 32.2. The maximum Gasteiger partial charge on any atom is 0.259 e. The van der Waals surface area contributed by atoms with Crippen LogP contribution in [-0.4, -0.2) is 74.1 Å². The molecule has 1 fully saturated rings. The highest BCUT2D eigenvalue weighted by Gasteiger charge is 2.29. The number of sulfonamides is 1. The highest BCUT2D eigenvalue weighted by molar-refractivity contribution is 7.89. The molecule has 1 aliphatic heterocycles. The standard InChI is InChI=1S/C22H28N4O5S2/c1-15-16(2)32-22-20(15)21(27)23-19(24-22)14-25-8-10-26(11-9-25)33(28,29)18-6-4-17(5-7-18)31-13-12-30-3/h4-7H,8-14H2,1-3H3,(H,23,24,27). The van der Waals surface area contributed by atoms with E-state index in [4.69, 9.17) is 9.47 Å². The fourth-order valence-electron chi connectivity index (χ4n) is 3.81. The molecule has 3 heterocycles. The van der Waals surface area contributed by atoms with Crippen LogP contribution in [0.5, 0.6) is 5.75 Å². The van der Waals surface area contributed by atoms with Crippen molar-refractivity contribution in [3.05, 3.63) is 50.9 Å². The van der Waals surface area contributed by atoms with E-state index in [9.17, 15) is 13.2 Å². The minimum atomic E-state index is -3.58. The summed E-state index contributed by atoms with van der Waals surface area (Å²) in [7, 11) is -1.99. The number of hydrogen-bond acceptors (Lipinski definition) is 8. The number of aromatic amines is 1. The molecule has 1 aliphatic rings. The van der Waals surface area contributed by atoms with Crippen LogP contribution in [-0.2, 0) is 21.3 Å². The summed E-state index contributed by atoms with van der Waals surface area (Å²) in [4.78, 5) is 24.2. The topological polar surface area (TPSA) is 105 Å². The zero-order chi connectivity index (χ0) is 23.6. The summed E-state index contributed by atoms with van der Waals surface area (Å²) in [6.45, 7) is 7.13. The first kappa shape index (κ1) is 23.8. The van der Waals surface area contributed by atoms with Crippen LogP contribution in [0.3, 0.4) is 0 Å². The maximum atomic E-state index is 13.0. The van der Waals surface area contributed by atoms with Crippen molar-refractivity contribution >= 4 is 31.6 Å². The molecular weight excluding hydrogens is 464 g/mol. The van der Waals surface area contributed by atoms with Gasteiger partial charge in [0, 0.05) is 38.2 Å². The predicted octanol–water partition coefficient (Wildman–Crippen LogP) is 2.13. The van der Waals surface area contributed by atoms with Crippen molar-refractivity contribution < 1.29 is 17.9 Å². The van der Waals surface area contributed by atoms with Gasteiger partial charge < -0.3 is 14.5 Å². The summed E-state index contributed by atoms with van der Waals surface area (Å²) in [6.07, 6.45) is 0. The Labute approximate surface area is 197 Å². The maximum absolute atomic E-state index is 13.0. The lowest BCUT2D eigenvalue weighted by Crippen LogP contribution is -2.48. The van der Waals surface area contributed by atoms with E-state index in [1.165, 1.54) is 15.6 Å². The largest absolute Gasteiger partial charge is 0.491 e. The summed E-state index contributed by atoms with van der Waals surface area (Å²) < 4.78 is 38.0. The Morgan fingerprint density at radius 3 is 2.45 bits per heavy atom. The fraction of sp³-hybridized carbons (Fsp3) is 0.455. The van der Waals surface area contributed by atoms with Crippen LogP contribution in [0.25, 0.3) is 10.2 Å². The van der Waals surface area contributed by atoms with E-state index in [0.717, 1.165) is 15.3 Å². The quantitative estimate of drug-likeness (QED) is 0.480. The van der Waals surface area contributed by atoms with Gasteiger partial charge >= 0.3 is 0 Å². The Morgan fingerprint density at radius 1 is 1.09 bits per heavy atom. The highest BCUT2D eigenvalue weighted by Crippen LogP contribution is 2.26. The van der Waals surface area contributed by atoms with Gasteiger partial charge in [0.25, 0.3) is 5.56 Å². The fourth-order valence-corrected chi connectivity index (χ4v) is 6.28. The van der Waals surface area contributed by atoms with Crippen LogP contribution in [0.15, 0.2) is 34.0 Å². The predicted molar refractivity (Wildman–Crippen MR) is 128 cm³/mol. The van der Waals surface area contributed by atoms with Crippen LogP contribution in [0.2, 0.25) is 0 Å². The molecule has 2 aromatic heterocycles. The van der Waals surface area contributed by atoms with Gasteiger partial charge in [-0.25, -0.2) is 13.4 Å². The first-order valence-electron chi connectivity index (χ1n) is 10.7. The van der Waals surface area contributed by atoms with Crippen LogP contribution in [0.4, 0.5) is 0 Å². The third-order valence-corrected chi connectivity index (χ3v) is 8.82. The number of benzene rings is 1. The van der Waals surface area contributed by atoms with E-state index in [-0.39, 0.29) is 10.5 Å². The van der Waals surface area contributed by atoms with E-state index in [1.807, 2.05) is 13.8 Å². The SMILES string of the molecule is COCCOc1ccc(S(=O)(=O)N2CCN(Cc3nc4sc(C)c(C)c4c(=O)[nH]3)CC2)cc1. The molecule has 178 valence electrons. The van der Waals surface area contributed by atoms with E-state index in [0.29, 0.717) is 62.9 Å².